The van der Waals surface area contributed by atoms with Gasteiger partial charge in [0.1, 0.15) is 17.0 Å². The molecule has 1 aliphatic carbocycles. The Balaban J connectivity index is 1.58. The Labute approximate surface area is 255 Å². The zero-order valence-corrected chi connectivity index (χ0v) is 25.2. The van der Waals surface area contributed by atoms with Crippen LogP contribution in [0.5, 0.6) is 5.75 Å². The Bertz CT molecular complexity index is 1660. The molecule has 1 aromatic carbocycles. The minimum absolute atomic E-state index is 0.00780. The lowest BCUT2D eigenvalue weighted by Crippen LogP contribution is -2.29. The summed E-state index contributed by atoms with van der Waals surface area (Å²) in [6.07, 6.45) is 2.91. The van der Waals surface area contributed by atoms with Gasteiger partial charge in [-0.2, -0.15) is 4.98 Å². The average Bonchev–Trinajstić information content (AvgIpc) is 3.68. The van der Waals surface area contributed by atoms with Crippen molar-refractivity contribution >= 4 is 40.5 Å². The molecule has 3 heterocycles. The van der Waals surface area contributed by atoms with Crippen LogP contribution in [0, 0.1) is 17.0 Å². The molecule has 0 unspecified atom stereocenters. The predicted octanol–water partition coefficient (Wildman–Crippen LogP) is 4.59. The van der Waals surface area contributed by atoms with E-state index in [4.69, 9.17) is 23.6 Å². The number of ether oxygens (including phenoxy) is 2. The monoisotopic (exact) mass is 593 g/mol. The summed E-state index contributed by atoms with van der Waals surface area (Å²) < 4.78 is 35.3. The number of fused-ring (bicyclic) bond motifs is 2. The number of carbonyl (C=O) groups is 1. The second-order valence-corrected chi connectivity index (χ2v) is 11.5. The fraction of sp³-hybridized carbons (Fsp3) is 0.467. The summed E-state index contributed by atoms with van der Waals surface area (Å²) in [7, 11) is 4.94. The number of methoxy groups -OCH3 is 1. The minimum Gasteiger partial charge on any atom is -0.494 e. The predicted molar refractivity (Wildman–Crippen MR) is 164 cm³/mol. The van der Waals surface area contributed by atoms with Crippen LogP contribution in [0.1, 0.15) is 52.5 Å². The van der Waals surface area contributed by atoms with Crippen molar-refractivity contribution in [2.75, 3.05) is 62.9 Å². The standard InChI is InChI=1S/C30H38N8O5/c1-18(2)43-28(39)20-16-31-29(34-27(20)37-17-30(10-11-30)26-22(37)9-8-19(3)32-26)33-21-14-24(38(40)41)23(15-25(21)42-7)36(6)13-12-35(4)5/h8-9,14-16,18H,10-13,17H2,1-7H3,(H,31,33,34)/i6D3. The van der Waals surface area contributed by atoms with Crippen LogP contribution < -0.4 is 19.9 Å². The molecule has 13 nitrogen and oxygen atoms in total. The van der Waals surface area contributed by atoms with Crippen molar-refractivity contribution in [2.24, 2.45) is 0 Å². The maximum atomic E-state index is 13.2. The quantitative estimate of drug-likeness (QED) is 0.189. The summed E-state index contributed by atoms with van der Waals surface area (Å²) in [5.74, 6) is -0.109. The smallest absolute Gasteiger partial charge is 0.343 e. The number of rotatable bonds is 11. The molecule has 0 radical (unpaired) electrons. The van der Waals surface area contributed by atoms with Crippen molar-refractivity contribution in [3.63, 3.8) is 0 Å². The molecule has 43 heavy (non-hydrogen) atoms. The highest BCUT2D eigenvalue weighted by Gasteiger charge is 2.54. The highest BCUT2D eigenvalue weighted by atomic mass is 16.6. The number of aryl methyl sites for hydroxylation is 1. The Hall–Kier alpha value is -4.52. The summed E-state index contributed by atoms with van der Waals surface area (Å²) in [4.78, 5) is 43.5. The van der Waals surface area contributed by atoms with Crippen LogP contribution in [0.25, 0.3) is 0 Å². The maximum absolute atomic E-state index is 13.2. The van der Waals surface area contributed by atoms with Crippen molar-refractivity contribution in [2.45, 2.75) is 45.1 Å². The fourth-order valence-corrected chi connectivity index (χ4v) is 5.14. The number of likely N-dealkylation sites (N-methyl/N-ethyl adjacent to an activating group) is 2. The molecule has 0 bridgehead atoms. The number of hydrogen-bond acceptors (Lipinski definition) is 12. The molecule has 3 aromatic rings. The molecular weight excluding hydrogens is 552 g/mol. The zero-order valence-electron chi connectivity index (χ0n) is 28.2. The van der Waals surface area contributed by atoms with E-state index in [0.29, 0.717) is 18.9 Å². The van der Waals surface area contributed by atoms with E-state index in [0.717, 1.165) is 34.8 Å². The van der Waals surface area contributed by atoms with Crippen molar-refractivity contribution in [1.82, 2.24) is 19.9 Å². The van der Waals surface area contributed by atoms with E-state index >= 15 is 0 Å². The van der Waals surface area contributed by atoms with Gasteiger partial charge in [0.25, 0.3) is 5.69 Å². The SMILES string of the molecule is [2H]C([2H])([2H])N(CCN(C)C)c1cc(OC)c(Nc2ncc(C(=O)OC(C)C)c(N3CC4(CC4)c4nc(C)ccc43)n2)cc1[N+](=O)[O-]. The number of benzene rings is 1. The van der Waals surface area contributed by atoms with Crippen molar-refractivity contribution < 1.29 is 23.3 Å². The van der Waals surface area contributed by atoms with E-state index in [2.05, 4.69) is 10.3 Å². The van der Waals surface area contributed by atoms with E-state index in [9.17, 15) is 14.9 Å². The molecule has 0 saturated heterocycles. The van der Waals surface area contributed by atoms with Gasteiger partial charge < -0.3 is 29.5 Å². The van der Waals surface area contributed by atoms with Crippen molar-refractivity contribution in [3.8, 4) is 5.75 Å². The molecule has 0 atom stereocenters. The molecule has 13 heteroatoms. The molecule has 2 aliphatic rings. The number of hydrogen-bond donors (Lipinski definition) is 1. The van der Waals surface area contributed by atoms with Crippen LogP contribution in [-0.2, 0) is 10.2 Å². The second-order valence-electron chi connectivity index (χ2n) is 11.5. The van der Waals surface area contributed by atoms with Crippen LogP contribution in [0.2, 0.25) is 0 Å². The van der Waals surface area contributed by atoms with Gasteiger partial charge in [0.2, 0.25) is 5.95 Å². The highest BCUT2D eigenvalue weighted by Crippen LogP contribution is 2.57. The van der Waals surface area contributed by atoms with E-state index in [-0.39, 0.29) is 46.7 Å². The summed E-state index contributed by atoms with van der Waals surface area (Å²) in [5, 5.41) is 15.3. The number of aromatic nitrogens is 3. The highest BCUT2D eigenvalue weighted by molar-refractivity contribution is 5.96. The normalized spacial score (nSPS) is 16.0. The third-order valence-electron chi connectivity index (χ3n) is 7.51. The number of pyridine rings is 1. The van der Waals surface area contributed by atoms with Crippen LogP contribution in [0.3, 0.4) is 0 Å². The average molecular weight is 594 g/mol. The van der Waals surface area contributed by atoms with E-state index in [1.165, 1.54) is 25.4 Å². The molecule has 1 fully saturated rings. The van der Waals surface area contributed by atoms with E-state index in [1.54, 1.807) is 32.8 Å². The van der Waals surface area contributed by atoms with E-state index in [1.807, 2.05) is 24.0 Å². The summed E-state index contributed by atoms with van der Waals surface area (Å²) in [5.41, 5.74) is 2.31. The number of nitrogens with one attached hydrogen (secondary N) is 1. The van der Waals surface area contributed by atoms with Crippen LogP contribution >= 0.6 is 0 Å². The first-order valence-corrected chi connectivity index (χ1v) is 14.0. The first-order chi connectivity index (χ1) is 21.6. The number of nitro benzene ring substituents is 1. The Morgan fingerprint density at radius 2 is 2.02 bits per heavy atom. The van der Waals surface area contributed by atoms with Gasteiger partial charge in [-0.15, -0.1) is 0 Å². The number of nitrogens with zero attached hydrogens (tertiary/aromatic N) is 7. The van der Waals surface area contributed by atoms with Crippen molar-refractivity contribution in [3.05, 3.63) is 57.5 Å². The summed E-state index contributed by atoms with van der Waals surface area (Å²) in [6.45, 7) is 3.71. The van der Waals surface area contributed by atoms with Gasteiger partial charge in [-0.3, -0.25) is 15.1 Å². The number of carbonyl (C=O) groups excluding carboxylic acids is 1. The van der Waals surface area contributed by atoms with Gasteiger partial charge in [-0.05, 0) is 59.8 Å². The molecule has 1 saturated carbocycles. The van der Waals surface area contributed by atoms with Gasteiger partial charge in [-0.1, -0.05) is 0 Å². The van der Waals surface area contributed by atoms with Gasteiger partial charge >= 0.3 is 5.97 Å². The lowest BCUT2D eigenvalue weighted by atomic mass is 10.0. The van der Waals surface area contributed by atoms with Gasteiger partial charge in [0.15, 0.2) is 5.82 Å². The molecule has 1 spiro atoms. The Morgan fingerprint density at radius 1 is 1.26 bits per heavy atom. The summed E-state index contributed by atoms with van der Waals surface area (Å²) >= 11 is 0. The number of nitro groups is 1. The van der Waals surface area contributed by atoms with Gasteiger partial charge in [-0.25, -0.2) is 9.78 Å². The van der Waals surface area contributed by atoms with Gasteiger partial charge in [0.05, 0.1) is 35.2 Å². The maximum Gasteiger partial charge on any atom is 0.343 e. The van der Waals surface area contributed by atoms with Gasteiger partial charge in [0, 0.05) is 60.2 Å². The topological polar surface area (TPSA) is 139 Å². The number of esters is 1. The lowest BCUT2D eigenvalue weighted by Gasteiger charge is -2.23. The lowest BCUT2D eigenvalue weighted by molar-refractivity contribution is -0.384. The van der Waals surface area contributed by atoms with Crippen molar-refractivity contribution in [1.29, 1.82) is 0 Å². The first kappa shape index (κ1) is 26.1. The van der Waals surface area contributed by atoms with Crippen LogP contribution in [0.15, 0.2) is 30.5 Å². The Morgan fingerprint density at radius 3 is 2.65 bits per heavy atom. The molecule has 1 N–H and O–H groups in total. The molecule has 1 aliphatic heterocycles. The van der Waals surface area contributed by atoms with Crippen LogP contribution in [0.4, 0.5) is 34.5 Å². The van der Waals surface area contributed by atoms with E-state index < -0.39 is 23.6 Å². The minimum atomic E-state index is -2.66. The Kier molecular flexibility index (Phi) is 7.07. The summed E-state index contributed by atoms with van der Waals surface area (Å²) in [6, 6.07) is 6.39. The second kappa shape index (κ2) is 11.6. The molecule has 228 valence electrons. The third kappa shape index (κ3) is 6.03. The third-order valence-corrected chi connectivity index (χ3v) is 7.51. The fourth-order valence-electron chi connectivity index (χ4n) is 5.14. The molecule has 5 rings (SSSR count). The molecular formula is C30H38N8O5. The first-order valence-electron chi connectivity index (χ1n) is 15.5. The zero-order chi connectivity index (χ0) is 33.6. The van der Waals surface area contributed by atoms with Crippen LogP contribution in [-0.4, -0.2) is 84.7 Å². The molecule has 0 amide bonds. The largest absolute Gasteiger partial charge is 0.494 e. The number of anilines is 5. The molecule has 2 aromatic heterocycles.